The molecule has 18 heavy (non-hydrogen) atoms. The highest BCUT2D eigenvalue weighted by atomic mass is 32.1. The first-order chi connectivity index (χ1) is 8.43. The van der Waals surface area contributed by atoms with Gasteiger partial charge in [0.25, 0.3) is 0 Å². The van der Waals surface area contributed by atoms with Crippen LogP contribution in [0.5, 0.6) is 0 Å². The van der Waals surface area contributed by atoms with Gasteiger partial charge in [0.2, 0.25) is 0 Å². The van der Waals surface area contributed by atoms with Crippen molar-refractivity contribution in [3.8, 4) is 0 Å². The number of amides is 2. The fourth-order valence-electron chi connectivity index (χ4n) is 1.34. The van der Waals surface area contributed by atoms with E-state index in [-0.39, 0.29) is 6.04 Å². The van der Waals surface area contributed by atoms with Gasteiger partial charge in [-0.2, -0.15) is 0 Å². The average molecular weight is 272 g/mol. The molecule has 0 fully saturated rings. The van der Waals surface area contributed by atoms with Gasteiger partial charge in [0, 0.05) is 9.75 Å². The van der Waals surface area contributed by atoms with E-state index < -0.39 is 24.6 Å². The number of carbonyl (C=O) groups excluding carboxylic acids is 1. The molecule has 0 spiro atoms. The predicted octanol–water partition coefficient (Wildman–Crippen LogP) is 0.862. The summed E-state index contributed by atoms with van der Waals surface area (Å²) < 4.78 is 0. The summed E-state index contributed by atoms with van der Waals surface area (Å²) in [5, 5.41) is 22.2. The number of thiophene rings is 1. The second kappa shape index (κ2) is 6.36. The number of carboxylic acid groups (broad SMARTS) is 1. The van der Waals surface area contributed by atoms with E-state index in [2.05, 4.69) is 10.6 Å². The molecule has 1 unspecified atom stereocenters. The van der Waals surface area contributed by atoms with Gasteiger partial charge in [0.15, 0.2) is 6.04 Å². The highest BCUT2D eigenvalue weighted by Crippen LogP contribution is 2.21. The first kappa shape index (κ1) is 14.5. The molecular weight excluding hydrogens is 256 g/mol. The van der Waals surface area contributed by atoms with Crippen molar-refractivity contribution in [2.75, 3.05) is 6.61 Å². The van der Waals surface area contributed by atoms with E-state index in [4.69, 9.17) is 10.2 Å². The molecule has 2 amide bonds. The lowest BCUT2D eigenvalue weighted by Crippen LogP contribution is -2.48. The number of aliphatic hydroxyl groups is 1. The maximum Gasteiger partial charge on any atom is 0.328 e. The van der Waals surface area contributed by atoms with E-state index in [9.17, 15) is 9.59 Å². The third kappa shape index (κ3) is 4.01. The minimum Gasteiger partial charge on any atom is -0.480 e. The van der Waals surface area contributed by atoms with Crippen molar-refractivity contribution in [2.24, 2.45) is 0 Å². The summed E-state index contributed by atoms with van der Waals surface area (Å²) in [6.07, 6.45) is 0. The molecule has 0 bridgehead atoms. The van der Waals surface area contributed by atoms with Crippen molar-refractivity contribution in [2.45, 2.75) is 25.9 Å². The lowest BCUT2D eigenvalue weighted by atomic mass is 10.3. The molecule has 0 aliphatic carbocycles. The van der Waals surface area contributed by atoms with Gasteiger partial charge in [0.05, 0.1) is 12.6 Å². The van der Waals surface area contributed by atoms with Crippen LogP contribution in [-0.4, -0.2) is 34.9 Å². The van der Waals surface area contributed by atoms with Gasteiger partial charge in [0.1, 0.15) is 0 Å². The smallest absolute Gasteiger partial charge is 0.328 e. The molecule has 0 aliphatic rings. The summed E-state index contributed by atoms with van der Waals surface area (Å²) in [5.74, 6) is -1.27. The van der Waals surface area contributed by atoms with Crippen molar-refractivity contribution in [1.82, 2.24) is 10.6 Å². The molecule has 1 heterocycles. The maximum atomic E-state index is 11.5. The maximum absolute atomic E-state index is 11.5. The summed E-state index contributed by atoms with van der Waals surface area (Å²) in [7, 11) is 0. The zero-order chi connectivity index (χ0) is 13.7. The Hall–Kier alpha value is -1.60. The lowest BCUT2D eigenvalue weighted by molar-refractivity contribution is -0.140. The van der Waals surface area contributed by atoms with Crippen LogP contribution in [0, 0.1) is 6.92 Å². The Labute approximate surface area is 109 Å². The first-order valence-electron chi connectivity index (χ1n) is 5.41. The molecule has 1 aromatic heterocycles. The number of urea groups is 1. The molecule has 1 rings (SSSR count). The number of aliphatic carboxylic acids is 1. The second-order valence-electron chi connectivity index (χ2n) is 3.86. The fourth-order valence-corrected chi connectivity index (χ4v) is 2.22. The minimum atomic E-state index is -1.29. The van der Waals surface area contributed by atoms with E-state index in [1.807, 2.05) is 19.1 Å². The zero-order valence-corrected chi connectivity index (χ0v) is 11.0. The Morgan fingerprint density at radius 3 is 2.50 bits per heavy atom. The quantitative estimate of drug-likeness (QED) is 0.639. The van der Waals surface area contributed by atoms with Crippen LogP contribution in [-0.2, 0) is 4.79 Å². The molecule has 0 aliphatic heterocycles. The standard InChI is InChI=1S/C11H16N2O4S/c1-6-3-4-9(18-6)7(2)12-11(17)13-8(5-14)10(15)16/h3-4,7-8,14H,5H2,1-2H3,(H,15,16)(H2,12,13,17)/t7?,8-/m1/s1. The molecule has 100 valence electrons. The summed E-state index contributed by atoms with van der Waals surface area (Å²) in [4.78, 5) is 24.3. The Balaban J connectivity index is 2.52. The van der Waals surface area contributed by atoms with Crippen LogP contribution >= 0.6 is 11.3 Å². The Kier molecular flexibility index (Phi) is 5.11. The van der Waals surface area contributed by atoms with Crippen LogP contribution < -0.4 is 10.6 Å². The normalized spacial score (nSPS) is 13.7. The van der Waals surface area contributed by atoms with Crippen molar-refractivity contribution in [3.05, 3.63) is 21.9 Å². The summed E-state index contributed by atoms with van der Waals surface area (Å²) in [6.45, 7) is 3.13. The molecule has 0 radical (unpaired) electrons. The van der Waals surface area contributed by atoms with Crippen molar-refractivity contribution >= 4 is 23.3 Å². The topological polar surface area (TPSA) is 98.7 Å². The van der Waals surface area contributed by atoms with Crippen LogP contribution in [0.25, 0.3) is 0 Å². The molecule has 6 nitrogen and oxygen atoms in total. The predicted molar refractivity (Wildman–Crippen MR) is 67.6 cm³/mol. The van der Waals surface area contributed by atoms with Crippen molar-refractivity contribution < 1.29 is 19.8 Å². The third-order valence-electron chi connectivity index (χ3n) is 2.32. The Morgan fingerprint density at radius 2 is 2.06 bits per heavy atom. The minimum absolute atomic E-state index is 0.211. The Morgan fingerprint density at radius 1 is 1.39 bits per heavy atom. The molecule has 7 heteroatoms. The molecule has 0 saturated carbocycles. The number of carbonyl (C=O) groups is 2. The largest absolute Gasteiger partial charge is 0.480 e. The number of hydrogen-bond donors (Lipinski definition) is 4. The van der Waals surface area contributed by atoms with Crippen LogP contribution in [0.3, 0.4) is 0 Å². The monoisotopic (exact) mass is 272 g/mol. The van der Waals surface area contributed by atoms with Crippen LogP contribution in [0.1, 0.15) is 22.7 Å². The van der Waals surface area contributed by atoms with E-state index in [0.717, 1.165) is 9.75 Å². The summed E-state index contributed by atoms with van der Waals surface area (Å²) >= 11 is 1.56. The van der Waals surface area contributed by atoms with Crippen molar-refractivity contribution in [1.29, 1.82) is 0 Å². The summed E-state index contributed by atoms with van der Waals surface area (Å²) in [5.41, 5.74) is 0. The molecule has 1 aromatic rings. The highest BCUT2D eigenvalue weighted by Gasteiger charge is 2.20. The molecule has 4 N–H and O–H groups in total. The van der Waals surface area contributed by atoms with Gasteiger partial charge in [-0.15, -0.1) is 11.3 Å². The number of nitrogens with one attached hydrogen (secondary N) is 2. The molecule has 2 atom stereocenters. The average Bonchev–Trinajstić information content (AvgIpc) is 2.72. The van der Waals surface area contributed by atoms with E-state index in [1.165, 1.54) is 0 Å². The third-order valence-corrected chi connectivity index (χ3v) is 3.50. The number of rotatable bonds is 5. The van der Waals surface area contributed by atoms with E-state index in [1.54, 1.807) is 18.3 Å². The molecular formula is C11H16N2O4S. The molecule has 0 aromatic carbocycles. The van der Waals surface area contributed by atoms with Crippen molar-refractivity contribution in [3.63, 3.8) is 0 Å². The van der Waals surface area contributed by atoms with Gasteiger partial charge >= 0.3 is 12.0 Å². The first-order valence-corrected chi connectivity index (χ1v) is 6.22. The van der Waals surface area contributed by atoms with E-state index >= 15 is 0 Å². The fraction of sp³-hybridized carbons (Fsp3) is 0.455. The van der Waals surface area contributed by atoms with Gasteiger partial charge in [-0.25, -0.2) is 9.59 Å². The second-order valence-corrected chi connectivity index (χ2v) is 5.18. The zero-order valence-electron chi connectivity index (χ0n) is 10.1. The van der Waals surface area contributed by atoms with Crippen LogP contribution in [0.15, 0.2) is 12.1 Å². The van der Waals surface area contributed by atoms with Crippen LogP contribution in [0.4, 0.5) is 4.79 Å². The van der Waals surface area contributed by atoms with Gasteiger partial charge in [-0.3, -0.25) is 0 Å². The van der Waals surface area contributed by atoms with Gasteiger partial charge in [-0.05, 0) is 26.0 Å². The number of aryl methyl sites for hydroxylation is 1. The molecule has 0 saturated heterocycles. The van der Waals surface area contributed by atoms with Gasteiger partial charge < -0.3 is 20.8 Å². The van der Waals surface area contributed by atoms with E-state index in [0.29, 0.717) is 0 Å². The van der Waals surface area contributed by atoms with Gasteiger partial charge in [-0.1, -0.05) is 0 Å². The number of hydrogen-bond acceptors (Lipinski definition) is 4. The number of aliphatic hydroxyl groups excluding tert-OH is 1. The summed E-state index contributed by atoms with van der Waals surface area (Å²) in [6, 6.07) is 1.74. The lowest BCUT2D eigenvalue weighted by Gasteiger charge is -2.16. The Bertz CT molecular complexity index is 432. The SMILES string of the molecule is Cc1ccc(C(C)NC(=O)N[C@H](CO)C(=O)O)s1. The van der Waals surface area contributed by atoms with Crippen LogP contribution in [0.2, 0.25) is 0 Å². The number of carboxylic acids is 1. The highest BCUT2D eigenvalue weighted by molar-refractivity contribution is 7.12.